The molecule has 1 aliphatic carbocycles. The summed E-state index contributed by atoms with van der Waals surface area (Å²) in [6, 6.07) is 6.46. The molecule has 0 spiro atoms. The largest absolute Gasteiger partial charge is 0.349 e. The van der Waals surface area contributed by atoms with Crippen LogP contribution in [0.1, 0.15) is 16.7 Å². The lowest BCUT2D eigenvalue weighted by Gasteiger charge is -2.02. The Kier molecular flexibility index (Phi) is 2.91. The standard InChI is InChI=1S/C14H15NO/c1-3-14(16)15-9-11-7-12-5-4-10(2)6-13(12)8-11/h3-6,8H,1,7,9H2,2H3,(H,15,16). The molecule has 0 saturated heterocycles. The van der Waals surface area contributed by atoms with Crippen molar-refractivity contribution < 1.29 is 4.79 Å². The second-order valence-corrected chi connectivity index (χ2v) is 4.10. The molecule has 0 radical (unpaired) electrons. The topological polar surface area (TPSA) is 29.1 Å². The fraction of sp³-hybridized carbons (Fsp3) is 0.214. The van der Waals surface area contributed by atoms with Crippen molar-refractivity contribution >= 4 is 12.0 Å². The van der Waals surface area contributed by atoms with Crippen LogP contribution in [0.3, 0.4) is 0 Å². The van der Waals surface area contributed by atoms with Gasteiger partial charge in [-0.25, -0.2) is 0 Å². The van der Waals surface area contributed by atoms with E-state index in [9.17, 15) is 4.79 Å². The van der Waals surface area contributed by atoms with E-state index in [1.54, 1.807) is 0 Å². The summed E-state index contributed by atoms with van der Waals surface area (Å²) < 4.78 is 0. The number of carbonyl (C=O) groups is 1. The van der Waals surface area contributed by atoms with Crippen molar-refractivity contribution in [3.8, 4) is 0 Å². The van der Waals surface area contributed by atoms with Crippen molar-refractivity contribution in [2.24, 2.45) is 0 Å². The van der Waals surface area contributed by atoms with Crippen LogP contribution in [0, 0.1) is 6.92 Å². The summed E-state index contributed by atoms with van der Waals surface area (Å²) in [4.78, 5) is 11.0. The first-order valence-electron chi connectivity index (χ1n) is 5.38. The minimum Gasteiger partial charge on any atom is -0.349 e. The number of hydrogen-bond acceptors (Lipinski definition) is 1. The average Bonchev–Trinajstić information content (AvgIpc) is 2.67. The molecule has 2 nitrogen and oxygen atoms in total. The summed E-state index contributed by atoms with van der Waals surface area (Å²) in [6.45, 7) is 6.12. The van der Waals surface area contributed by atoms with Crippen LogP contribution in [-0.4, -0.2) is 12.5 Å². The van der Waals surface area contributed by atoms with E-state index in [4.69, 9.17) is 0 Å². The maximum atomic E-state index is 11.0. The molecule has 0 aliphatic heterocycles. The van der Waals surface area contributed by atoms with Gasteiger partial charge in [0.25, 0.3) is 0 Å². The summed E-state index contributed by atoms with van der Waals surface area (Å²) >= 11 is 0. The van der Waals surface area contributed by atoms with Crippen LogP contribution in [0.2, 0.25) is 0 Å². The Balaban J connectivity index is 2.04. The van der Waals surface area contributed by atoms with E-state index < -0.39 is 0 Å². The molecule has 0 saturated carbocycles. The number of amides is 1. The van der Waals surface area contributed by atoms with Crippen molar-refractivity contribution in [1.29, 1.82) is 0 Å². The van der Waals surface area contributed by atoms with Crippen LogP contribution in [0.5, 0.6) is 0 Å². The van der Waals surface area contributed by atoms with E-state index in [-0.39, 0.29) is 5.91 Å². The van der Waals surface area contributed by atoms with Crippen LogP contribution in [0.15, 0.2) is 36.4 Å². The number of benzene rings is 1. The molecular formula is C14H15NO. The molecule has 1 aromatic rings. The Hall–Kier alpha value is -1.83. The third-order valence-corrected chi connectivity index (χ3v) is 2.75. The summed E-state index contributed by atoms with van der Waals surface area (Å²) in [6.07, 6.45) is 4.39. The number of nitrogens with one attached hydrogen (secondary N) is 1. The van der Waals surface area contributed by atoms with Crippen LogP contribution < -0.4 is 5.32 Å². The molecular weight excluding hydrogens is 198 g/mol. The predicted octanol–water partition coefficient (Wildman–Crippen LogP) is 2.24. The predicted molar refractivity (Wildman–Crippen MR) is 66.1 cm³/mol. The first-order chi connectivity index (χ1) is 7.69. The molecule has 1 aromatic carbocycles. The first-order valence-corrected chi connectivity index (χ1v) is 5.38. The lowest BCUT2D eigenvalue weighted by molar-refractivity contribution is -0.116. The van der Waals surface area contributed by atoms with Crippen molar-refractivity contribution in [1.82, 2.24) is 5.32 Å². The van der Waals surface area contributed by atoms with Gasteiger partial charge in [0.2, 0.25) is 5.91 Å². The van der Waals surface area contributed by atoms with Crippen molar-refractivity contribution in [3.63, 3.8) is 0 Å². The van der Waals surface area contributed by atoms with Gasteiger partial charge in [-0.3, -0.25) is 4.79 Å². The Morgan fingerprint density at radius 2 is 2.38 bits per heavy atom. The molecule has 1 N–H and O–H groups in total. The maximum Gasteiger partial charge on any atom is 0.243 e. The lowest BCUT2D eigenvalue weighted by Crippen LogP contribution is -2.23. The van der Waals surface area contributed by atoms with Gasteiger partial charge >= 0.3 is 0 Å². The third-order valence-electron chi connectivity index (χ3n) is 2.75. The van der Waals surface area contributed by atoms with Gasteiger partial charge in [-0.1, -0.05) is 36.4 Å². The lowest BCUT2D eigenvalue weighted by atomic mass is 10.1. The fourth-order valence-electron chi connectivity index (χ4n) is 1.91. The highest BCUT2D eigenvalue weighted by Crippen LogP contribution is 2.25. The molecule has 1 aliphatic rings. The average molecular weight is 213 g/mol. The van der Waals surface area contributed by atoms with E-state index >= 15 is 0 Å². The Morgan fingerprint density at radius 1 is 1.56 bits per heavy atom. The second kappa shape index (κ2) is 4.35. The Morgan fingerprint density at radius 3 is 3.12 bits per heavy atom. The zero-order chi connectivity index (χ0) is 11.5. The van der Waals surface area contributed by atoms with E-state index in [1.807, 2.05) is 0 Å². The number of rotatable bonds is 3. The SMILES string of the molecule is C=CC(=O)NCC1=Cc2cc(C)ccc2C1. The minimum atomic E-state index is -0.118. The zero-order valence-electron chi connectivity index (χ0n) is 9.42. The second-order valence-electron chi connectivity index (χ2n) is 4.10. The molecule has 0 atom stereocenters. The van der Waals surface area contributed by atoms with Gasteiger partial charge in [-0.05, 0) is 36.1 Å². The van der Waals surface area contributed by atoms with Crippen molar-refractivity contribution in [2.75, 3.05) is 6.54 Å². The highest BCUT2D eigenvalue weighted by atomic mass is 16.1. The highest BCUT2D eigenvalue weighted by molar-refractivity contribution is 5.87. The first kappa shape index (κ1) is 10.7. The number of hydrogen-bond donors (Lipinski definition) is 1. The van der Waals surface area contributed by atoms with Gasteiger partial charge in [0.05, 0.1) is 0 Å². The van der Waals surface area contributed by atoms with Crippen molar-refractivity contribution in [2.45, 2.75) is 13.3 Å². The van der Waals surface area contributed by atoms with E-state index in [0.717, 1.165) is 6.42 Å². The molecule has 0 unspecified atom stereocenters. The van der Waals surface area contributed by atoms with Gasteiger partial charge in [-0.15, -0.1) is 0 Å². The maximum absolute atomic E-state index is 11.0. The Labute approximate surface area is 95.7 Å². The molecule has 1 amide bonds. The molecule has 0 heterocycles. The van der Waals surface area contributed by atoms with Gasteiger partial charge in [0.1, 0.15) is 0 Å². The summed E-state index contributed by atoms with van der Waals surface area (Å²) in [5, 5.41) is 2.80. The monoisotopic (exact) mass is 213 g/mol. The summed E-state index contributed by atoms with van der Waals surface area (Å²) in [7, 11) is 0. The minimum absolute atomic E-state index is 0.118. The van der Waals surface area contributed by atoms with E-state index in [1.165, 1.54) is 28.3 Å². The van der Waals surface area contributed by atoms with E-state index in [0.29, 0.717) is 6.54 Å². The quantitative estimate of drug-likeness (QED) is 0.766. The molecule has 0 bridgehead atoms. The molecule has 82 valence electrons. The van der Waals surface area contributed by atoms with Crippen molar-refractivity contribution in [3.05, 3.63) is 53.1 Å². The molecule has 0 fully saturated rings. The normalized spacial score (nSPS) is 12.9. The molecule has 2 rings (SSSR count). The molecule has 0 aromatic heterocycles. The number of fused-ring (bicyclic) bond motifs is 1. The van der Waals surface area contributed by atoms with Crippen LogP contribution in [0.25, 0.3) is 6.08 Å². The van der Waals surface area contributed by atoms with Gasteiger partial charge in [0, 0.05) is 6.54 Å². The van der Waals surface area contributed by atoms with Crippen LogP contribution in [-0.2, 0) is 11.2 Å². The van der Waals surface area contributed by atoms with Gasteiger partial charge < -0.3 is 5.32 Å². The smallest absolute Gasteiger partial charge is 0.243 e. The fourth-order valence-corrected chi connectivity index (χ4v) is 1.91. The molecule has 2 heteroatoms. The van der Waals surface area contributed by atoms with Crippen LogP contribution in [0.4, 0.5) is 0 Å². The number of carbonyl (C=O) groups excluding carboxylic acids is 1. The highest BCUT2D eigenvalue weighted by Gasteiger charge is 2.12. The third kappa shape index (κ3) is 2.22. The summed E-state index contributed by atoms with van der Waals surface area (Å²) in [5.74, 6) is -0.118. The van der Waals surface area contributed by atoms with Gasteiger partial charge in [0.15, 0.2) is 0 Å². The van der Waals surface area contributed by atoms with Crippen LogP contribution >= 0.6 is 0 Å². The summed E-state index contributed by atoms with van der Waals surface area (Å²) in [5.41, 5.74) is 5.14. The number of aryl methyl sites for hydroxylation is 1. The van der Waals surface area contributed by atoms with E-state index in [2.05, 4.69) is 43.1 Å². The van der Waals surface area contributed by atoms with Gasteiger partial charge in [-0.2, -0.15) is 0 Å². The Bertz CT molecular complexity index is 472. The zero-order valence-corrected chi connectivity index (χ0v) is 9.42. The molecule has 16 heavy (non-hydrogen) atoms.